The second-order valence-corrected chi connectivity index (χ2v) is 5.85. The van der Waals surface area contributed by atoms with Crippen LogP contribution in [0.4, 0.5) is 0 Å². The minimum absolute atomic E-state index is 0.151. The van der Waals surface area contributed by atoms with Gasteiger partial charge in [-0.05, 0) is 12.8 Å². The lowest BCUT2D eigenvalue weighted by Gasteiger charge is -2.11. The number of amides is 1. The van der Waals surface area contributed by atoms with Crippen LogP contribution < -0.4 is 5.32 Å². The Labute approximate surface area is 90.4 Å². The van der Waals surface area contributed by atoms with Crippen LogP contribution in [0.1, 0.15) is 25.7 Å². The summed E-state index contributed by atoms with van der Waals surface area (Å²) in [7, 11) is -3.42. The molecule has 0 radical (unpaired) electrons. The minimum Gasteiger partial charge on any atom is -0.352 e. The Morgan fingerprint density at radius 2 is 2.00 bits per heavy atom. The fraction of sp³-hybridized carbons (Fsp3) is 0.700. The number of hydrogen-bond donors (Lipinski definition) is 1. The van der Waals surface area contributed by atoms with E-state index in [4.69, 9.17) is 6.42 Å². The van der Waals surface area contributed by atoms with Crippen LogP contribution >= 0.6 is 0 Å². The molecule has 4 nitrogen and oxygen atoms in total. The van der Waals surface area contributed by atoms with Gasteiger partial charge in [0.1, 0.15) is 11.5 Å². The first kappa shape index (κ1) is 12.1. The molecule has 1 aliphatic carbocycles. The van der Waals surface area contributed by atoms with Crippen LogP contribution in [0.2, 0.25) is 0 Å². The van der Waals surface area contributed by atoms with Gasteiger partial charge in [0.05, 0.1) is 0 Å². The normalized spacial score (nSPS) is 17.3. The lowest BCUT2D eigenvalue weighted by Crippen LogP contribution is -2.37. The van der Waals surface area contributed by atoms with E-state index in [0.29, 0.717) is 0 Å². The summed E-state index contributed by atoms with van der Waals surface area (Å²) in [5, 5.41) is 2.71. The maximum atomic E-state index is 11.3. The zero-order chi connectivity index (χ0) is 11.3. The molecule has 1 aliphatic rings. The van der Waals surface area contributed by atoms with Gasteiger partial charge >= 0.3 is 0 Å². The molecule has 0 bridgehead atoms. The second-order valence-electron chi connectivity index (χ2n) is 3.79. The lowest BCUT2D eigenvalue weighted by molar-refractivity contribution is -0.119. The highest BCUT2D eigenvalue weighted by molar-refractivity contribution is 7.92. The fourth-order valence-corrected chi connectivity index (χ4v) is 2.56. The van der Waals surface area contributed by atoms with Crippen molar-refractivity contribution < 1.29 is 13.2 Å². The molecular formula is C10H15NO3S. The van der Waals surface area contributed by atoms with Crippen LogP contribution in [0, 0.1) is 12.3 Å². The third kappa shape index (κ3) is 4.34. The summed E-state index contributed by atoms with van der Waals surface area (Å²) in [5.74, 6) is 0.744. The maximum absolute atomic E-state index is 11.3. The molecule has 0 aromatic rings. The van der Waals surface area contributed by atoms with Gasteiger partial charge in [-0.1, -0.05) is 18.8 Å². The number of carbonyl (C=O) groups excluding carboxylic acids is 1. The van der Waals surface area contributed by atoms with Crippen LogP contribution in [0.3, 0.4) is 0 Å². The number of carbonyl (C=O) groups is 1. The smallest absolute Gasteiger partial charge is 0.235 e. The molecule has 0 heterocycles. The average molecular weight is 229 g/mol. The van der Waals surface area contributed by atoms with Crippen LogP contribution in [0.5, 0.6) is 0 Å². The molecule has 84 valence electrons. The Balaban J connectivity index is 2.39. The molecular weight excluding hydrogens is 214 g/mol. The monoisotopic (exact) mass is 229 g/mol. The third-order valence-corrected chi connectivity index (χ3v) is 3.68. The molecule has 0 saturated heterocycles. The number of rotatable bonds is 4. The van der Waals surface area contributed by atoms with E-state index < -0.39 is 21.5 Å². The van der Waals surface area contributed by atoms with Gasteiger partial charge in [0.15, 0.2) is 9.84 Å². The Morgan fingerprint density at radius 3 is 2.53 bits per heavy atom. The van der Waals surface area contributed by atoms with E-state index in [1.54, 1.807) is 0 Å². The largest absolute Gasteiger partial charge is 0.352 e. The molecule has 5 heteroatoms. The molecule has 0 aliphatic heterocycles. The highest BCUT2D eigenvalue weighted by atomic mass is 32.2. The van der Waals surface area contributed by atoms with E-state index in [-0.39, 0.29) is 11.8 Å². The molecule has 0 aromatic carbocycles. The zero-order valence-electron chi connectivity index (χ0n) is 8.53. The predicted molar refractivity (Wildman–Crippen MR) is 57.9 cm³/mol. The van der Waals surface area contributed by atoms with Gasteiger partial charge < -0.3 is 5.32 Å². The number of nitrogens with one attached hydrogen (secondary N) is 1. The topological polar surface area (TPSA) is 63.2 Å². The molecule has 0 unspecified atom stereocenters. The highest BCUT2D eigenvalue weighted by Crippen LogP contribution is 2.17. The molecule has 1 amide bonds. The maximum Gasteiger partial charge on any atom is 0.235 e. The van der Waals surface area contributed by atoms with Crippen molar-refractivity contribution in [2.75, 3.05) is 11.5 Å². The molecule has 1 rings (SSSR count). The first-order valence-corrected chi connectivity index (χ1v) is 6.79. The van der Waals surface area contributed by atoms with Gasteiger partial charge in [-0.2, -0.15) is 0 Å². The lowest BCUT2D eigenvalue weighted by atomic mass is 10.2. The quantitative estimate of drug-likeness (QED) is 0.695. The summed E-state index contributed by atoms with van der Waals surface area (Å²) in [4.78, 5) is 11.3. The molecule has 1 saturated carbocycles. The summed E-state index contributed by atoms with van der Waals surface area (Å²) in [5.41, 5.74) is 0. The number of sulfone groups is 1. The Hall–Kier alpha value is -1.02. The van der Waals surface area contributed by atoms with Crippen molar-refractivity contribution in [1.29, 1.82) is 0 Å². The van der Waals surface area contributed by atoms with Crippen LogP contribution in [-0.2, 0) is 14.6 Å². The average Bonchev–Trinajstić information content (AvgIpc) is 2.54. The third-order valence-electron chi connectivity index (χ3n) is 2.37. The van der Waals surface area contributed by atoms with E-state index in [9.17, 15) is 13.2 Å². The zero-order valence-corrected chi connectivity index (χ0v) is 9.35. The summed E-state index contributed by atoms with van der Waals surface area (Å²) in [6, 6.07) is 0.151. The van der Waals surface area contributed by atoms with Crippen molar-refractivity contribution in [3.63, 3.8) is 0 Å². The first-order chi connectivity index (χ1) is 7.03. The van der Waals surface area contributed by atoms with Gasteiger partial charge in [0.25, 0.3) is 0 Å². The van der Waals surface area contributed by atoms with Crippen molar-refractivity contribution in [2.45, 2.75) is 31.7 Å². The van der Waals surface area contributed by atoms with Crippen molar-refractivity contribution in [1.82, 2.24) is 5.32 Å². The molecule has 1 N–H and O–H groups in total. The first-order valence-electron chi connectivity index (χ1n) is 4.97. The summed E-state index contributed by atoms with van der Waals surface area (Å²) < 4.78 is 22.4. The standard InChI is InChI=1S/C10H15NO3S/c1-2-7-15(13,14)8-10(12)11-9-5-3-4-6-9/h1,9H,3-8H2,(H,11,12). The van der Waals surface area contributed by atoms with Gasteiger partial charge in [-0.15, -0.1) is 6.42 Å². The van der Waals surface area contributed by atoms with Crippen LogP contribution in [0.25, 0.3) is 0 Å². The van der Waals surface area contributed by atoms with Crippen molar-refractivity contribution >= 4 is 15.7 Å². The van der Waals surface area contributed by atoms with E-state index in [0.717, 1.165) is 25.7 Å². The van der Waals surface area contributed by atoms with Gasteiger partial charge in [0.2, 0.25) is 5.91 Å². The van der Waals surface area contributed by atoms with Crippen molar-refractivity contribution in [2.24, 2.45) is 0 Å². The molecule has 1 fully saturated rings. The Morgan fingerprint density at radius 1 is 1.40 bits per heavy atom. The molecule has 15 heavy (non-hydrogen) atoms. The van der Waals surface area contributed by atoms with Gasteiger partial charge in [-0.3, -0.25) is 4.79 Å². The number of terminal acetylenes is 1. The highest BCUT2D eigenvalue weighted by Gasteiger charge is 2.20. The van der Waals surface area contributed by atoms with Gasteiger partial charge in [0, 0.05) is 6.04 Å². The van der Waals surface area contributed by atoms with E-state index in [1.807, 2.05) is 5.92 Å². The summed E-state index contributed by atoms with van der Waals surface area (Å²) >= 11 is 0. The Bertz CT molecular complexity index is 361. The van der Waals surface area contributed by atoms with Crippen LogP contribution in [0.15, 0.2) is 0 Å². The Kier molecular flexibility index (Phi) is 4.15. The second kappa shape index (κ2) is 5.17. The minimum atomic E-state index is -3.42. The molecule has 0 aromatic heterocycles. The summed E-state index contributed by atoms with van der Waals surface area (Å²) in [6.07, 6.45) is 8.98. The van der Waals surface area contributed by atoms with Gasteiger partial charge in [-0.25, -0.2) is 8.42 Å². The SMILES string of the molecule is C#CCS(=O)(=O)CC(=O)NC1CCCC1. The number of hydrogen-bond acceptors (Lipinski definition) is 3. The molecule has 0 atom stereocenters. The van der Waals surface area contributed by atoms with E-state index in [2.05, 4.69) is 5.32 Å². The van der Waals surface area contributed by atoms with E-state index >= 15 is 0 Å². The molecule has 0 spiro atoms. The van der Waals surface area contributed by atoms with E-state index in [1.165, 1.54) is 0 Å². The predicted octanol–water partition coefficient (Wildman–Crippen LogP) is 0.0932. The summed E-state index contributed by atoms with van der Waals surface area (Å²) in [6.45, 7) is 0. The van der Waals surface area contributed by atoms with Crippen molar-refractivity contribution in [3.05, 3.63) is 0 Å². The van der Waals surface area contributed by atoms with Crippen molar-refractivity contribution in [3.8, 4) is 12.3 Å². The van der Waals surface area contributed by atoms with Crippen LogP contribution in [-0.4, -0.2) is 31.9 Å². The fourth-order valence-electron chi connectivity index (χ4n) is 1.72.